The van der Waals surface area contributed by atoms with Crippen LogP contribution in [0.4, 0.5) is 0 Å². The van der Waals surface area contributed by atoms with Crippen LogP contribution in [-0.4, -0.2) is 20.2 Å². The molecule has 0 saturated heterocycles. The molecule has 2 aromatic heterocycles. The summed E-state index contributed by atoms with van der Waals surface area (Å²) in [5.41, 5.74) is 8.73. The molecule has 90 valence electrons. The number of H-pyrrole nitrogens is 2. The van der Waals surface area contributed by atoms with Gasteiger partial charge in [0.05, 0.1) is 11.0 Å². The molecule has 0 unspecified atom stereocenters. The van der Waals surface area contributed by atoms with Crippen molar-refractivity contribution in [2.24, 2.45) is 5.73 Å². The summed E-state index contributed by atoms with van der Waals surface area (Å²) in [7, 11) is 0. The Morgan fingerprint density at radius 1 is 1.22 bits per heavy atom. The van der Waals surface area contributed by atoms with Gasteiger partial charge in [-0.25, -0.2) is 10.1 Å². The van der Waals surface area contributed by atoms with E-state index in [1.165, 1.54) is 6.07 Å². The van der Waals surface area contributed by atoms with E-state index in [9.17, 15) is 4.79 Å². The van der Waals surface area contributed by atoms with E-state index in [0.29, 0.717) is 18.1 Å². The zero-order chi connectivity index (χ0) is 12.5. The first-order chi connectivity index (χ1) is 8.76. The number of benzene rings is 1. The Morgan fingerprint density at radius 2 is 2.11 bits per heavy atom. The monoisotopic (exact) mass is 241 g/mol. The van der Waals surface area contributed by atoms with Crippen LogP contribution in [0.3, 0.4) is 0 Å². The van der Waals surface area contributed by atoms with Gasteiger partial charge in [-0.05, 0) is 23.8 Å². The van der Waals surface area contributed by atoms with Crippen LogP contribution in [0.5, 0.6) is 0 Å². The summed E-state index contributed by atoms with van der Waals surface area (Å²) in [6, 6.07) is 8.84. The van der Waals surface area contributed by atoms with Crippen molar-refractivity contribution in [3.8, 4) is 11.5 Å². The molecule has 1 aromatic carbocycles. The van der Waals surface area contributed by atoms with E-state index in [2.05, 4.69) is 20.2 Å². The molecule has 18 heavy (non-hydrogen) atoms. The summed E-state index contributed by atoms with van der Waals surface area (Å²) < 4.78 is 0. The van der Waals surface area contributed by atoms with Gasteiger partial charge in [0.15, 0.2) is 5.82 Å². The molecule has 0 aliphatic heterocycles. The molecule has 6 heteroatoms. The Kier molecular flexibility index (Phi) is 2.42. The molecule has 0 saturated carbocycles. The van der Waals surface area contributed by atoms with Gasteiger partial charge in [0.1, 0.15) is 5.69 Å². The number of imidazole rings is 1. The highest BCUT2D eigenvalue weighted by molar-refractivity contribution is 5.79. The lowest BCUT2D eigenvalue weighted by atomic mass is 10.2. The number of hydrogen-bond acceptors (Lipinski definition) is 4. The molecule has 6 nitrogen and oxygen atoms in total. The number of aromatic amines is 2. The van der Waals surface area contributed by atoms with E-state index in [4.69, 9.17) is 5.73 Å². The van der Waals surface area contributed by atoms with Crippen molar-refractivity contribution in [2.75, 3.05) is 0 Å². The molecule has 0 amide bonds. The largest absolute Gasteiger partial charge is 0.337 e. The lowest BCUT2D eigenvalue weighted by Crippen LogP contribution is -2.05. The van der Waals surface area contributed by atoms with Crippen molar-refractivity contribution >= 4 is 11.0 Å². The second-order valence-electron chi connectivity index (χ2n) is 3.95. The van der Waals surface area contributed by atoms with Crippen molar-refractivity contribution in [3.05, 3.63) is 46.2 Å². The first kappa shape index (κ1) is 10.7. The fraction of sp³-hybridized carbons (Fsp3) is 0.0833. The number of rotatable bonds is 2. The molecule has 0 aliphatic carbocycles. The minimum atomic E-state index is -0.236. The molecule has 0 bridgehead atoms. The second kappa shape index (κ2) is 4.08. The third-order valence-electron chi connectivity index (χ3n) is 2.70. The highest BCUT2D eigenvalue weighted by Gasteiger charge is 2.06. The van der Waals surface area contributed by atoms with Crippen LogP contribution in [0.1, 0.15) is 5.56 Å². The quantitative estimate of drug-likeness (QED) is 0.617. The zero-order valence-corrected chi connectivity index (χ0v) is 9.47. The highest BCUT2D eigenvalue weighted by atomic mass is 16.1. The third kappa shape index (κ3) is 1.78. The molecule has 4 N–H and O–H groups in total. The SMILES string of the molecule is NCc1ccc2nc(-c3ccc(=O)[nH]n3)[nH]c2c1. The van der Waals surface area contributed by atoms with Crippen molar-refractivity contribution in [1.82, 2.24) is 20.2 Å². The van der Waals surface area contributed by atoms with Crippen LogP contribution in [0.25, 0.3) is 22.6 Å². The smallest absolute Gasteiger partial charge is 0.264 e. The minimum Gasteiger partial charge on any atom is -0.337 e. The molecule has 0 atom stereocenters. The zero-order valence-electron chi connectivity index (χ0n) is 9.47. The standard InChI is InChI=1S/C12H11N5O/c13-6-7-1-2-8-10(5-7)15-12(14-8)9-3-4-11(18)17-16-9/h1-5H,6,13H2,(H,14,15)(H,17,18). The van der Waals surface area contributed by atoms with Crippen LogP contribution < -0.4 is 11.3 Å². The lowest BCUT2D eigenvalue weighted by molar-refractivity contribution is 0.985. The lowest BCUT2D eigenvalue weighted by Gasteiger charge is -1.94. The van der Waals surface area contributed by atoms with Gasteiger partial charge < -0.3 is 10.7 Å². The number of nitrogens with zero attached hydrogens (tertiary/aromatic N) is 2. The Balaban J connectivity index is 2.12. The molecule has 0 aliphatic rings. The molecule has 3 aromatic rings. The summed E-state index contributed by atoms with van der Waals surface area (Å²) in [5, 5.41) is 6.31. The maximum atomic E-state index is 10.9. The van der Waals surface area contributed by atoms with Crippen LogP contribution in [0.15, 0.2) is 35.1 Å². The van der Waals surface area contributed by atoms with Gasteiger partial charge in [-0.15, -0.1) is 0 Å². The molecule has 2 heterocycles. The molecule has 0 radical (unpaired) electrons. The maximum absolute atomic E-state index is 10.9. The van der Waals surface area contributed by atoms with Crippen molar-refractivity contribution < 1.29 is 0 Å². The Labute approximate surface area is 102 Å². The molecular formula is C12H11N5O. The first-order valence-electron chi connectivity index (χ1n) is 5.51. The average Bonchev–Trinajstić information content (AvgIpc) is 2.82. The van der Waals surface area contributed by atoms with Crippen LogP contribution in [0, 0.1) is 0 Å². The van der Waals surface area contributed by atoms with Gasteiger partial charge in [0.25, 0.3) is 5.56 Å². The van der Waals surface area contributed by atoms with E-state index >= 15 is 0 Å². The minimum absolute atomic E-state index is 0.236. The van der Waals surface area contributed by atoms with E-state index in [1.54, 1.807) is 6.07 Å². The summed E-state index contributed by atoms with van der Waals surface area (Å²) in [5.74, 6) is 0.621. The summed E-state index contributed by atoms with van der Waals surface area (Å²) in [6.07, 6.45) is 0. The normalized spacial score (nSPS) is 10.9. The van der Waals surface area contributed by atoms with Gasteiger partial charge in [-0.2, -0.15) is 5.10 Å². The Hall–Kier alpha value is -2.47. The maximum Gasteiger partial charge on any atom is 0.264 e. The van der Waals surface area contributed by atoms with Crippen molar-refractivity contribution in [1.29, 1.82) is 0 Å². The number of nitrogens with one attached hydrogen (secondary N) is 2. The Morgan fingerprint density at radius 3 is 2.83 bits per heavy atom. The van der Waals surface area contributed by atoms with Gasteiger partial charge in [0, 0.05) is 12.6 Å². The van der Waals surface area contributed by atoms with E-state index in [-0.39, 0.29) is 5.56 Å². The highest BCUT2D eigenvalue weighted by Crippen LogP contribution is 2.18. The van der Waals surface area contributed by atoms with Gasteiger partial charge in [0.2, 0.25) is 0 Å². The van der Waals surface area contributed by atoms with Gasteiger partial charge in [-0.1, -0.05) is 6.07 Å². The predicted octanol–water partition coefficient (Wildman–Crippen LogP) is 0.772. The first-order valence-corrected chi connectivity index (χ1v) is 5.51. The van der Waals surface area contributed by atoms with Gasteiger partial charge in [-0.3, -0.25) is 4.79 Å². The van der Waals surface area contributed by atoms with Crippen LogP contribution in [0.2, 0.25) is 0 Å². The average molecular weight is 241 g/mol. The van der Waals surface area contributed by atoms with E-state index in [1.807, 2.05) is 18.2 Å². The summed E-state index contributed by atoms with van der Waals surface area (Å²) in [4.78, 5) is 18.5. The fourth-order valence-electron chi connectivity index (χ4n) is 1.78. The van der Waals surface area contributed by atoms with E-state index in [0.717, 1.165) is 16.6 Å². The number of hydrogen-bond donors (Lipinski definition) is 3. The van der Waals surface area contributed by atoms with Crippen LogP contribution in [-0.2, 0) is 6.54 Å². The molecular weight excluding hydrogens is 230 g/mol. The van der Waals surface area contributed by atoms with Gasteiger partial charge >= 0.3 is 0 Å². The molecule has 3 rings (SSSR count). The Bertz CT molecular complexity index is 738. The number of aromatic nitrogens is 4. The summed E-state index contributed by atoms with van der Waals surface area (Å²) >= 11 is 0. The molecule has 0 fully saturated rings. The third-order valence-corrected chi connectivity index (χ3v) is 2.70. The second-order valence-corrected chi connectivity index (χ2v) is 3.95. The van der Waals surface area contributed by atoms with E-state index < -0.39 is 0 Å². The van der Waals surface area contributed by atoms with Crippen molar-refractivity contribution in [3.63, 3.8) is 0 Å². The predicted molar refractivity (Wildman–Crippen MR) is 67.8 cm³/mol. The van der Waals surface area contributed by atoms with Crippen molar-refractivity contribution in [2.45, 2.75) is 6.54 Å². The topological polar surface area (TPSA) is 100 Å². The fourth-order valence-corrected chi connectivity index (χ4v) is 1.78. The number of fused-ring (bicyclic) bond motifs is 1. The van der Waals surface area contributed by atoms with Crippen LogP contribution >= 0.6 is 0 Å². The number of nitrogens with two attached hydrogens (primary N) is 1. The molecule has 0 spiro atoms. The summed E-state index contributed by atoms with van der Waals surface area (Å²) in [6.45, 7) is 0.487.